The standard InChI is InChI=1S/C12H15N5/c1-4-9-8(2)10(13-3)17-12(16-9)11-14-6-5-7-15-11/h5-7H,4H2,1-3H3,(H,13,16,17). The molecule has 0 aromatic carbocycles. The lowest BCUT2D eigenvalue weighted by Gasteiger charge is -2.10. The number of aryl methyl sites for hydroxylation is 1. The molecular formula is C12H15N5. The Balaban J connectivity index is 2.56. The highest BCUT2D eigenvalue weighted by Crippen LogP contribution is 2.19. The van der Waals surface area contributed by atoms with Crippen LogP contribution in [-0.2, 0) is 6.42 Å². The van der Waals surface area contributed by atoms with Crippen molar-refractivity contribution in [1.82, 2.24) is 19.9 Å². The molecule has 0 amide bonds. The largest absolute Gasteiger partial charge is 0.373 e. The van der Waals surface area contributed by atoms with E-state index in [0.29, 0.717) is 11.6 Å². The smallest absolute Gasteiger partial charge is 0.199 e. The zero-order chi connectivity index (χ0) is 12.3. The van der Waals surface area contributed by atoms with E-state index in [9.17, 15) is 0 Å². The van der Waals surface area contributed by atoms with Crippen molar-refractivity contribution < 1.29 is 0 Å². The Hall–Kier alpha value is -2.04. The van der Waals surface area contributed by atoms with Crippen molar-refractivity contribution in [1.29, 1.82) is 0 Å². The van der Waals surface area contributed by atoms with Crippen LogP contribution < -0.4 is 5.32 Å². The highest BCUT2D eigenvalue weighted by atomic mass is 15.1. The van der Waals surface area contributed by atoms with Crippen molar-refractivity contribution in [2.75, 3.05) is 12.4 Å². The van der Waals surface area contributed by atoms with Gasteiger partial charge in [-0.2, -0.15) is 0 Å². The van der Waals surface area contributed by atoms with Gasteiger partial charge in [0.15, 0.2) is 11.6 Å². The van der Waals surface area contributed by atoms with Crippen molar-refractivity contribution in [3.05, 3.63) is 29.7 Å². The Bertz CT molecular complexity index is 485. The van der Waals surface area contributed by atoms with Crippen LogP contribution in [0.3, 0.4) is 0 Å². The van der Waals surface area contributed by atoms with Gasteiger partial charge in [-0.05, 0) is 19.4 Å². The van der Waals surface area contributed by atoms with Crippen LogP contribution in [0.5, 0.6) is 0 Å². The summed E-state index contributed by atoms with van der Waals surface area (Å²) in [4.78, 5) is 17.2. The zero-order valence-corrected chi connectivity index (χ0v) is 10.2. The maximum Gasteiger partial charge on any atom is 0.199 e. The molecule has 88 valence electrons. The molecule has 0 spiro atoms. The van der Waals surface area contributed by atoms with Crippen molar-refractivity contribution in [3.8, 4) is 11.6 Å². The van der Waals surface area contributed by atoms with Crippen LogP contribution >= 0.6 is 0 Å². The van der Waals surface area contributed by atoms with Gasteiger partial charge >= 0.3 is 0 Å². The summed E-state index contributed by atoms with van der Waals surface area (Å²) in [6.07, 6.45) is 4.25. The van der Waals surface area contributed by atoms with Crippen LogP contribution in [0.25, 0.3) is 11.6 Å². The van der Waals surface area contributed by atoms with E-state index in [0.717, 1.165) is 23.5 Å². The van der Waals surface area contributed by atoms with E-state index in [1.54, 1.807) is 18.5 Å². The van der Waals surface area contributed by atoms with Gasteiger partial charge in [-0.25, -0.2) is 19.9 Å². The van der Waals surface area contributed by atoms with E-state index >= 15 is 0 Å². The molecule has 2 aromatic heterocycles. The Morgan fingerprint density at radius 3 is 2.41 bits per heavy atom. The Kier molecular flexibility index (Phi) is 3.27. The third-order valence-corrected chi connectivity index (χ3v) is 2.58. The summed E-state index contributed by atoms with van der Waals surface area (Å²) >= 11 is 0. The van der Waals surface area contributed by atoms with Gasteiger partial charge in [-0.1, -0.05) is 6.92 Å². The first-order valence-electron chi connectivity index (χ1n) is 5.59. The van der Waals surface area contributed by atoms with Crippen molar-refractivity contribution >= 4 is 5.82 Å². The van der Waals surface area contributed by atoms with Crippen LogP contribution in [0.15, 0.2) is 18.5 Å². The number of nitrogens with one attached hydrogen (secondary N) is 1. The first kappa shape index (κ1) is 11.4. The number of hydrogen-bond acceptors (Lipinski definition) is 5. The molecule has 0 aliphatic rings. The van der Waals surface area contributed by atoms with Gasteiger partial charge in [0, 0.05) is 30.7 Å². The molecule has 1 N–H and O–H groups in total. The third kappa shape index (κ3) is 2.22. The highest BCUT2D eigenvalue weighted by molar-refractivity contribution is 5.53. The van der Waals surface area contributed by atoms with Crippen LogP contribution in [0.4, 0.5) is 5.82 Å². The molecule has 5 heteroatoms. The minimum Gasteiger partial charge on any atom is -0.373 e. The van der Waals surface area contributed by atoms with E-state index in [1.165, 1.54) is 0 Å². The van der Waals surface area contributed by atoms with Gasteiger partial charge < -0.3 is 5.32 Å². The SMILES string of the molecule is CCc1nc(-c2ncccn2)nc(NC)c1C. The van der Waals surface area contributed by atoms with Gasteiger partial charge in [0.1, 0.15) is 5.82 Å². The predicted molar refractivity (Wildman–Crippen MR) is 66.7 cm³/mol. The monoisotopic (exact) mass is 229 g/mol. The van der Waals surface area contributed by atoms with E-state index in [-0.39, 0.29) is 0 Å². The Labute approximate surface area is 100 Å². The summed E-state index contributed by atoms with van der Waals surface area (Å²) in [6, 6.07) is 1.78. The van der Waals surface area contributed by atoms with E-state index in [2.05, 4.69) is 32.2 Å². The fraction of sp³-hybridized carbons (Fsp3) is 0.333. The van der Waals surface area contributed by atoms with Crippen molar-refractivity contribution in [3.63, 3.8) is 0 Å². The fourth-order valence-electron chi connectivity index (χ4n) is 1.67. The molecule has 5 nitrogen and oxygen atoms in total. The summed E-state index contributed by atoms with van der Waals surface area (Å²) in [7, 11) is 1.85. The first-order valence-corrected chi connectivity index (χ1v) is 5.59. The third-order valence-electron chi connectivity index (χ3n) is 2.58. The van der Waals surface area contributed by atoms with Gasteiger partial charge in [-0.15, -0.1) is 0 Å². The molecule has 0 radical (unpaired) electrons. The maximum atomic E-state index is 4.49. The molecular weight excluding hydrogens is 214 g/mol. The van der Waals surface area contributed by atoms with E-state index in [4.69, 9.17) is 0 Å². The van der Waals surface area contributed by atoms with Gasteiger partial charge in [0.25, 0.3) is 0 Å². The van der Waals surface area contributed by atoms with Gasteiger partial charge in [0.05, 0.1) is 0 Å². The second-order valence-electron chi connectivity index (χ2n) is 3.64. The molecule has 0 fully saturated rings. The van der Waals surface area contributed by atoms with Gasteiger partial charge in [-0.3, -0.25) is 0 Å². The molecule has 0 bridgehead atoms. The Morgan fingerprint density at radius 1 is 1.12 bits per heavy atom. The molecule has 17 heavy (non-hydrogen) atoms. The van der Waals surface area contributed by atoms with Crippen LogP contribution in [0, 0.1) is 6.92 Å². The molecule has 0 atom stereocenters. The summed E-state index contributed by atoms with van der Waals surface area (Å²) in [6.45, 7) is 4.09. The summed E-state index contributed by atoms with van der Waals surface area (Å²) in [5, 5.41) is 3.07. The van der Waals surface area contributed by atoms with Gasteiger partial charge in [0.2, 0.25) is 0 Å². The number of aromatic nitrogens is 4. The predicted octanol–water partition coefficient (Wildman–Crippen LogP) is 1.85. The van der Waals surface area contributed by atoms with Crippen LogP contribution in [0.1, 0.15) is 18.2 Å². The summed E-state index contributed by atoms with van der Waals surface area (Å²) in [5.74, 6) is 1.95. The summed E-state index contributed by atoms with van der Waals surface area (Å²) in [5.41, 5.74) is 2.10. The number of nitrogens with zero attached hydrogens (tertiary/aromatic N) is 4. The minimum absolute atomic E-state index is 0.554. The highest BCUT2D eigenvalue weighted by Gasteiger charge is 2.11. The Morgan fingerprint density at radius 2 is 1.82 bits per heavy atom. The maximum absolute atomic E-state index is 4.49. The lowest BCUT2D eigenvalue weighted by atomic mass is 10.2. The second kappa shape index (κ2) is 4.86. The zero-order valence-electron chi connectivity index (χ0n) is 10.2. The van der Waals surface area contributed by atoms with Crippen LogP contribution in [0.2, 0.25) is 0 Å². The molecule has 0 aliphatic carbocycles. The quantitative estimate of drug-likeness (QED) is 0.870. The minimum atomic E-state index is 0.554. The van der Waals surface area contributed by atoms with Crippen LogP contribution in [-0.4, -0.2) is 27.0 Å². The van der Waals surface area contributed by atoms with Crippen molar-refractivity contribution in [2.45, 2.75) is 20.3 Å². The van der Waals surface area contributed by atoms with E-state index in [1.807, 2.05) is 14.0 Å². The molecule has 2 rings (SSSR count). The average molecular weight is 229 g/mol. The average Bonchev–Trinajstić information content (AvgIpc) is 2.40. The normalized spacial score (nSPS) is 10.3. The number of anilines is 1. The first-order chi connectivity index (χ1) is 8.26. The fourth-order valence-corrected chi connectivity index (χ4v) is 1.67. The second-order valence-corrected chi connectivity index (χ2v) is 3.64. The molecule has 2 heterocycles. The van der Waals surface area contributed by atoms with Crippen molar-refractivity contribution in [2.24, 2.45) is 0 Å². The molecule has 0 saturated heterocycles. The number of hydrogen-bond donors (Lipinski definition) is 1. The summed E-state index contributed by atoms with van der Waals surface area (Å²) < 4.78 is 0. The van der Waals surface area contributed by atoms with E-state index < -0.39 is 0 Å². The molecule has 0 aliphatic heterocycles. The molecule has 0 saturated carbocycles. The lowest BCUT2D eigenvalue weighted by Crippen LogP contribution is -2.05. The molecule has 0 unspecified atom stereocenters. The number of rotatable bonds is 3. The topological polar surface area (TPSA) is 63.6 Å². The lowest BCUT2D eigenvalue weighted by molar-refractivity contribution is 0.961. The molecule has 2 aromatic rings.